The van der Waals surface area contributed by atoms with Crippen molar-refractivity contribution in [3.8, 4) is 5.75 Å². The lowest BCUT2D eigenvalue weighted by molar-refractivity contribution is -0.123. The number of rotatable bonds is 8. The molecule has 2 aromatic rings. The zero-order valence-corrected chi connectivity index (χ0v) is 14.7. The monoisotopic (exact) mass is 332 g/mol. The van der Waals surface area contributed by atoms with Crippen LogP contribution in [-0.4, -0.2) is 38.1 Å². The Kier molecular flexibility index (Phi) is 6.62. The number of benzene rings is 1. The third-order valence-corrected chi connectivity index (χ3v) is 4.45. The zero-order valence-electron chi connectivity index (χ0n) is 13.9. The van der Waals surface area contributed by atoms with Gasteiger partial charge in [0.25, 0.3) is 5.91 Å². The van der Waals surface area contributed by atoms with Gasteiger partial charge in [-0.3, -0.25) is 4.79 Å². The lowest BCUT2D eigenvalue weighted by Crippen LogP contribution is -2.36. The second kappa shape index (κ2) is 8.70. The van der Waals surface area contributed by atoms with Gasteiger partial charge in [0.15, 0.2) is 6.61 Å². The van der Waals surface area contributed by atoms with Gasteiger partial charge in [-0.25, -0.2) is 0 Å². The molecule has 1 N–H and O–H groups in total. The van der Waals surface area contributed by atoms with Gasteiger partial charge >= 0.3 is 0 Å². The van der Waals surface area contributed by atoms with E-state index in [0.717, 1.165) is 12.2 Å². The number of hydrogen-bond donors (Lipinski definition) is 1. The normalized spacial score (nSPS) is 12.2. The highest BCUT2D eigenvalue weighted by atomic mass is 32.1. The maximum Gasteiger partial charge on any atom is 0.258 e. The summed E-state index contributed by atoms with van der Waals surface area (Å²) >= 11 is 1.67. The molecule has 1 heterocycles. The average Bonchev–Trinajstić information content (AvgIpc) is 3.07. The van der Waals surface area contributed by atoms with Gasteiger partial charge in [0.05, 0.1) is 6.04 Å². The Morgan fingerprint density at radius 3 is 2.57 bits per heavy atom. The van der Waals surface area contributed by atoms with Crippen molar-refractivity contribution in [2.75, 3.05) is 27.2 Å². The predicted molar refractivity (Wildman–Crippen MR) is 95.1 cm³/mol. The third-order valence-electron chi connectivity index (χ3n) is 3.75. The molecular weight excluding hydrogens is 308 g/mol. The molecule has 1 amide bonds. The van der Waals surface area contributed by atoms with Crippen molar-refractivity contribution in [2.24, 2.45) is 0 Å². The first kappa shape index (κ1) is 17.5. The smallest absolute Gasteiger partial charge is 0.258 e. The number of thiophene rings is 1. The minimum absolute atomic E-state index is 0.0370. The molecule has 0 spiro atoms. The Bertz CT molecular complexity index is 594. The number of carbonyl (C=O) groups excluding carboxylic acids is 1. The van der Waals surface area contributed by atoms with E-state index in [1.807, 2.05) is 38.4 Å². The summed E-state index contributed by atoms with van der Waals surface area (Å²) in [5, 5.41) is 7.11. The summed E-state index contributed by atoms with van der Waals surface area (Å²) < 4.78 is 5.53. The molecule has 0 saturated heterocycles. The molecule has 1 unspecified atom stereocenters. The van der Waals surface area contributed by atoms with Gasteiger partial charge in [-0.05, 0) is 60.6 Å². The van der Waals surface area contributed by atoms with Gasteiger partial charge < -0.3 is 15.0 Å². The fraction of sp³-hybridized carbons (Fsp3) is 0.389. The first-order valence-corrected chi connectivity index (χ1v) is 8.71. The van der Waals surface area contributed by atoms with Crippen LogP contribution in [0, 0.1) is 0 Å². The van der Waals surface area contributed by atoms with Crippen molar-refractivity contribution in [1.82, 2.24) is 10.2 Å². The Hall–Kier alpha value is -1.85. The zero-order chi connectivity index (χ0) is 16.7. The van der Waals surface area contributed by atoms with Gasteiger partial charge in [-0.15, -0.1) is 0 Å². The molecule has 1 aromatic heterocycles. The molecule has 0 aliphatic carbocycles. The molecule has 2 rings (SSSR count). The highest BCUT2D eigenvalue weighted by Gasteiger charge is 2.15. The predicted octanol–water partition coefficient (Wildman–Crippen LogP) is 3.11. The first-order chi connectivity index (χ1) is 11.1. The molecule has 1 atom stereocenters. The lowest BCUT2D eigenvalue weighted by Gasteiger charge is -2.24. The third kappa shape index (κ3) is 5.37. The van der Waals surface area contributed by atoms with Gasteiger partial charge in [-0.2, -0.15) is 11.3 Å². The molecule has 5 heteroatoms. The summed E-state index contributed by atoms with van der Waals surface area (Å²) in [5.74, 6) is 0.617. The number of nitrogens with zero attached hydrogens (tertiary/aromatic N) is 1. The van der Waals surface area contributed by atoms with E-state index in [2.05, 4.69) is 34.0 Å². The van der Waals surface area contributed by atoms with Gasteiger partial charge in [0, 0.05) is 6.54 Å². The van der Waals surface area contributed by atoms with Crippen LogP contribution in [0.15, 0.2) is 41.1 Å². The summed E-state index contributed by atoms with van der Waals surface area (Å²) in [4.78, 5) is 14.1. The lowest BCUT2D eigenvalue weighted by atomic mass is 10.1. The van der Waals surface area contributed by atoms with Crippen molar-refractivity contribution in [1.29, 1.82) is 0 Å². The fourth-order valence-electron chi connectivity index (χ4n) is 2.29. The quantitative estimate of drug-likeness (QED) is 0.807. The SMILES string of the molecule is CCc1ccc(OCC(=O)NCC(c2ccsc2)N(C)C)cc1. The first-order valence-electron chi connectivity index (χ1n) is 7.77. The number of nitrogens with one attached hydrogen (secondary N) is 1. The number of hydrogen-bond acceptors (Lipinski definition) is 4. The number of ether oxygens (including phenoxy) is 1. The number of likely N-dealkylation sites (N-methyl/N-ethyl adjacent to an activating group) is 1. The van der Waals surface area contributed by atoms with E-state index in [9.17, 15) is 4.79 Å². The maximum absolute atomic E-state index is 12.0. The molecule has 0 fully saturated rings. The molecule has 4 nitrogen and oxygen atoms in total. The standard InChI is InChI=1S/C18H24N2O2S/c1-4-14-5-7-16(8-6-14)22-12-18(21)19-11-17(20(2)3)15-9-10-23-13-15/h5-10,13,17H,4,11-12H2,1-3H3,(H,19,21). The topological polar surface area (TPSA) is 41.6 Å². The van der Waals surface area contributed by atoms with Crippen LogP contribution >= 0.6 is 11.3 Å². The summed E-state index contributed by atoms with van der Waals surface area (Å²) in [6.07, 6.45) is 0.995. The van der Waals surface area contributed by atoms with E-state index in [1.54, 1.807) is 11.3 Å². The Labute approximate surface area is 142 Å². The molecule has 0 saturated carbocycles. The van der Waals surface area contributed by atoms with Crippen LogP contribution in [0.25, 0.3) is 0 Å². The highest BCUT2D eigenvalue weighted by Crippen LogP contribution is 2.20. The number of amides is 1. The van der Waals surface area contributed by atoms with Gasteiger partial charge in [0.1, 0.15) is 5.75 Å². The van der Waals surface area contributed by atoms with Crippen LogP contribution in [-0.2, 0) is 11.2 Å². The van der Waals surface area contributed by atoms with Crippen LogP contribution in [0.2, 0.25) is 0 Å². The van der Waals surface area contributed by atoms with Crippen LogP contribution in [0.4, 0.5) is 0 Å². The Morgan fingerprint density at radius 2 is 2.00 bits per heavy atom. The van der Waals surface area contributed by atoms with Crippen molar-refractivity contribution in [2.45, 2.75) is 19.4 Å². The van der Waals surface area contributed by atoms with Gasteiger partial charge in [0.2, 0.25) is 0 Å². The molecule has 1 aromatic carbocycles. The summed E-state index contributed by atoms with van der Waals surface area (Å²) in [5.41, 5.74) is 2.47. The second-order valence-electron chi connectivity index (χ2n) is 5.63. The minimum atomic E-state index is -0.105. The van der Waals surface area contributed by atoms with Gasteiger partial charge in [-0.1, -0.05) is 19.1 Å². The van der Waals surface area contributed by atoms with Crippen LogP contribution in [0.3, 0.4) is 0 Å². The van der Waals surface area contributed by atoms with E-state index >= 15 is 0 Å². The average molecular weight is 332 g/mol. The van der Waals surface area contributed by atoms with Crippen LogP contribution in [0.1, 0.15) is 24.1 Å². The molecule has 23 heavy (non-hydrogen) atoms. The maximum atomic E-state index is 12.0. The van der Waals surface area contributed by atoms with Crippen molar-refractivity contribution in [3.05, 3.63) is 52.2 Å². The second-order valence-corrected chi connectivity index (χ2v) is 6.41. The number of aryl methyl sites for hydroxylation is 1. The summed E-state index contributed by atoms with van der Waals surface area (Å²) in [6.45, 7) is 2.72. The minimum Gasteiger partial charge on any atom is -0.484 e. The molecule has 0 aliphatic rings. The molecule has 124 valence electrons. The number of carbonyl (C=O) groups is 1. The van der Waals surface area contributed by atoms with Crippen molar-refractivity contribution >= 4 is 17.2 Å². The van der Waals surface area contributed by atoms with E-state index in [0.29, 0.717) is 6.54 Å². The summed E-state index contributed by atoms with van der Waals surface area (Å²) in [7, 11) is 4.03. The molecular formula is C18H24N2O2S. The van der Waals surface area contributed by atoms with E-state index in [4.69, 9.17) is 4.74 Å². The van der Waals surface area contributed by atoms with E-state index < -0.39 is 0 Å². The van der Waals surface area contributed by atoms with Crippen molar-refractivity contribution < 1.29 is 9.53 Å². The van der Waals surface area contributed by atoms with Crippen molar-refractivity contribution in [3.63, 3.8) is 0 Å². The molecule has 0 bridgehead atoms. The largest absolute Gasteiger partial charge is 0.484 e. The molecule has 0 radical (unpaired) electrons. The highest BCUT2D eigenvalue weighted by molar-refractivity contribution is 7.07. The van der Waals surface area contributed by atoms with E-state index in [-0.39, 0.29) is 18.6 Å². The Balaban J connectivity index is 1.79. The summed E-state index contributed by atoms with van der Waals surface area (Å²) in [6, 6.07) is 10.1. The van der Waals surface area contributed by atoms with Crippen LogP contribution < -0.4 is 10.1 Å². The fourth-order valence-corrected chi connectivity index (χ4v) is 3.00. The van der Waals surface area contributed by atoms with Crippen LogP contribution in [0.5, 0.6) is 5.75 Å². The Morgan fingerprint density at radius 1 is 1.26 bits per heavy atom. The van der Waals surface area contributed by atoms with E-state index in [1.165, 1.54) is 11.1 Å². The molecule has 0 aliphatic heterocycles.